The molecule has 0 aliphatic heterocycles. The standard InChI is InChI=1S/C17H24FNO/c1-16(2)11-7-8-17(16,3)15(9-11)19-12-5-6-14(20-4)13(18)10-12/h5-6,10-11,15,19H,7-9H2,1-4H3. The molecule has 3 rings (SSSR count). The fourth-order valence-electron chi connectivity index (χ4n) is 4.38. The summed E-state index contributed by atoms with van der Waals surface area (Å²) in [5.41, 5.74) is 1.53. The largest absolute Gasteiger partial charge is 0.494 e. The third-order valence-electron chi connectivity index (χ3n) is 6.29. The first-order chi connectivity index (χ1) is 9.38. The summed E-state index contributed by atoms with van der Waals surface area (Å²) in [7, 11) is 1.49. The van der Waals surface area contributed by atoms with Crippen molar-refractivity contribution in [3.8, 4) is 5.75 Å². The van der Waals surface area contributed by atoms with Crippen LogP contribution in [-0.4, -0.2) is 13.2 Å². The van der Waals surface area contributed by atoms with Gasteiger partial charge >= 0.3 is 0 Å². The van der Waals surface area contributed by atoms with Gasteiger partial charge in [0.25, 0.3) is 0 Å². The minimum Gasteiger partial charge on any atom is -0.494 e. The minimum absolute atomic E-state index is 0.300. The summed E-state index contributed by atoms with van der Waals surface area (Å²) in [6, 6.07) is 5.58. The van der Waals surface area contributed by atoms with E-state index in [-0.39, 0.29) is 5.82 Å². The highest BCUT2D eigenvalue weighted by atomic mass is 19.1. The second-order valence-corrected chi connectivity index (χ2v) is 7.16. The van der Waals surface area contributed by atoms with Crippen LogP contribution >= 0.6 is 0 Å². The lowest BCUT2D eigenvalue weighted by atomic mass is 9.69. The van der Waals surface area contributed by atoms with Gasteiger partial charge in [-0.2, -0.15) is 0 Å². The van der Waals surface area contributed by atoms with E-state index in [2.05, 4.69) is 26.1 Å². The monoisotopic (exact) mass is 277 g/mol. The number of nitrogens with one attached hydrogen (secondary N) is 1. The molecule has 2 aliphatic carbocycles. The van der Waals surface area contributed by atoms with Gasteiger partial charge in [-0.15, -0.1) is 0 Å². The maximum Gasteiger partial charge on any atom is 0.167 e. The van der Waals surface area contributed by atoms with Gasteiger partial charge in [0.05, 0.1) is 7.11 Å². The van der Waals surface area contributed by atoms with E-state index < -0.39 is 0 Å². The smallest absolute Gasteiger partial charge is 0.167 e. The summed E-state index contributed by atoms with van der Waals surface area (Å²) in [5.74, 6) is 0.785. The molecule has 0 heterocycles. The van der Waals surface area contributed by atoms with Gasteiger partial charge in [0, 0.05) is 17.8 Å². The number of halogens is 1. The highest BCUT2D eigenvalue weighted by molar-refractivity contribution is 5.49. The molecular formula is C17H24FNO. The Hall–Kier alpha value is -1.25. The molecule has 0 saturated heterocycles. The summed E-state index contributed by atoms with van der Waals surface area (Å²) < 4.78 is 18.8. The summed E-state index contributed by atoms with van der Waals surface area (Å²) in [5, 5.41) is 3.56. The van der Waals surface area contributed by atoms with Gasteiger partial charge in [0.15, 0.2) is 11.6 Å². The maximum atomic E-state index is 13.8. The van der Waals surface area contributed by atoms with Crippen molar-refractivity contribution in [2.45, 2.75) is 46.1 Å². The molecule has 0 amide bonds. The zero-order valence-electron chi connectivity index (χ0n) is 12.8. The predicted molar refractivity (Wildman–Crippen MR) is 79.6 cm³/mol. The van der Waals surface area contributed by atoms with E-state index in [1.165, 1.54) is 26.4 Å². The van der Waals surface area contributed by atoms with Crippen molar-refractivity contribution in [2.75, 3.05) is 12.4 Å². The van der Waals surface area contributed by atoms with Gasteiger partial charge in [-0.05, 0) is 48.1 Å². The summed E-state index contributed by atoms with van der Waals surface area (Å²) >= 11 is 0. The molecule has 1 N–H and O–H groups in total. The molecule has 3 atom stereocenters. The molecule has 2 saturated carbocycles. The topological polar surface area (TPSA) is 21.3 Å². The van der Waals surface area contributed by atoms with Crippen molar-refractivity contribution < 1.29 is 9.13 Å². The van der Waals surface area contributed by atoms with Crippen LogP contribution in [0.4, 0.5) is 10.1 Å². The lowest BCUT2D eigenvalue weighted by Crippen LogP contribution is -2.40. The van der Waals surface area contributed by atoms with Gasteiger partial charge in [-0.25, -0.2) is 4.39 Å². The Kier molecular flexibility index (Phi) is 3.00. The fraction of sp³-hybridized carbons (Fsp3) is 0.647. The van der Waals surface area contributed by atoms with Gasteiger partial charge in [-0.1, -0.05) is 20.8 Å². The number of fused-ring (bicyclic) bond motifs is 2. The van der Waals surface area contributed by atoms with E-state index in [0.29, 0.717) is 22.6 Å². The second-order valence-electron chi connectivity index (χ2n) is 7.16. The first-order valence-electron chi connectivity index (χ1n) is 7.48. The van der Waals surface area contributed by atoms with Crippen LogP contribution in [0.25, 0.3) is 0 Å². The number of benzene rings is 1. The van der Waals surface area contributed by atoms with Crippen LogP contribution in [-0.2, 0) is 0 Å². The molecular weight excluding hydrogens is 253 g/mol. The molecule has 2 aliphatic rings. The lowest BCUT2D eigenvalue weighted by Gasteiger charge is -2.40. The van der Waals surface area contributed by atoms with Gasteiger partial charge < -0.3 is 10.1 Å². The van der Waals surface area contributed by atoms with Crippen LogP contribution < -0.4 is 10.1 Å². The third kappa shape index (κ3) is 1.75. The van der Waals surface area contributed by atoms with E-state index in [1.807, 2.05) is 6.07 Å². The van der Waals surface area contributed by atoms with Crippen LogP contribution in [0.1, 0.15) is 40.0 Å². The number of rotatable bonds is 3. The Morgan fingerprint density at radius 1 is 1.30 bits per heavy atom. The van der Waals surface area contributed by atoms with Gasteiger partial charge in [0.1, 0.15) is 0 Å². The Bertz CT molecular complexity index is 528. The number of hydrogen-bond acceptors (Lipinski definition) is 2. The number of hydrogen-bond donors (Lipinski definition) is 1. The Balaban J connectivity index is 1.81. The van der Waals surface area contributed by atoms with E-state index in [0.717, 1.165) is 11.6 Å². The molecule has 1 aromatic rings. The Morgan fingerprint density at radius 2 is 2.05 bits per heavy atom. The summed E-state index contributed by atoms with van der Waals surface area (Å²) in [6.45, 7) is 7.17. The molecule has 20 heavy (non-hydrogen) atoms. The van der Waals surface area contributed by atoms with Crippen LogP contribution in [0.5, 0.6) is 5.75 Å². The molecule has 0 radical (unpaired) electrons. The lowest BCUT2D eigenvalue weighted by molar-refractivity contribution is 0.142. The van der Waals surface area contributed by atoms with E-state index in [4.69, 9.17) is 4.74 Å². The molecule has 2 bridgehead atoms. The maximum absolute atomic E-state index is 13.8. The van der Waals surface area contributed by atoms with Crippen molar-refractivity contribution in [1.29, 1.82) is 0 Å². The van der Waals surface area contributed by atoms with Crippen LogP contribution in [0, 0.1) is 22.6 Å². The predicted octanol–water partition coefficient (Wildman–Crippen LogP) is 4.46. The zero-order chi connectivity index (χ0) is 14.5. The number of methoxy groups -OCH3 is 1. The Labute approximate surface area is 120 Å². The van der Waals surface area contributed by atoms with Crippen molar-refractivity contribution in [2.24, 2.45) is 16.7 Å². The minimum atomic E-state index is -0.301. The van der Waals surface area contributed by atoms with E-state index in [1.54, 1.807) is 12.1 Å². The number of anilines is 1. The summed E-state index contributed by atoms with van der Waals surface area (Å²) in [4.78, 5) is 0. The quantitative estimate of drug-likeness (QED) is 0.880. The molecule has 2 nitrogen and oxygen atoms in total. The molecule has 2 fully saturated rings. The second kappa shape index (κ2) is 4.37. The number of ether oxygens (including phenoxy) is 1. The summed E-state index contributed by atoms with van der Waals surface area (Å²) in [6.07, 6.45) is 3.79. The average Bonchev–Trinajstić information content (AvgIpc) is 2.72. The molecule has 3 heteroatoms. The molecule has 3 unspecified atom stereocenters. The molecule has 0 aromatic heterocycles. The molecule has 0 spiro atoms. The first kappa shape index (κ1) is 13.7. The molecule has 1 aromatic carbocycles. The normalized spacial score (nSPS) is 34.2. The highest BCUT2D eigenvalue weighted by Crippen LogP contribution is 2.65. The zero-order valence-corrected chi connectivity index (χ0v) is 12.8. The van der Waals surface area contributed by atoms with Crippen LogP contribution in [0.15, 0.2) is 18.2 Å². The van der Waals surface area contributed by atoms with Gasteiger partial charge in [0.2, 0.25) is 0 Å². The average molecular weight is 277 g/mol. The van der Waals surface area contributed by atoms with Crippen molar-refractivity contribution in [3.05, 3.63) is 24.0 Å². The highest BCUT2D eigenvalue weighted by Gasteiger charge is 2.61. The van der Waals surface area contributed by atoms with E-state index >= 15 is 0 Å². The fourth-order valence-corrected chi connectivity index (χ4v) is 4.38. The third-order valence-corrected chi connectivity index (χ3v) is 6.29. The van der Waals surface area contributed by atoms with Crippen molar-refractivity contribution in [1.82, 2.24) is 0 Å². The first-order valence-corrected chi connectivity index (χ1v) is 7.48. The van der Waals surface area contributed by atoms with Gasteiger partial charge in [-0.3, -0.25) is 0 Å². The van der Waals surface area contributed by atoms with Crippen LogP contribution in [0.2, 0.25) is 0 Å². The molecule has 110 valence electrons. The SMILES string of the molecule is COc1ccc(NC2CC3CCC2(C)C3(C)C)cc1F. The van der Waals surface area contributed by atoms with Crippen LogP contribution in [0.3, 0.4) is 0 Å². The van der Waals surface area contributed by atoms with Crippen molar-refractivity contribution in [3.63, 3.8) is 0 Å². The van der Waals surface area contributed by atoms with E-state index in [9.17, 15) is 4.39 Å². The Morgan fingerprint density at radius 3 is 2.55 bits per heavy atom. The van der Waals surface area contributed by atoms with Crippen molar-refractivity contribution >= 4 is 5.69 Å².